The second-order valence-electron chi connectivity index (χ2n) is 7.64. The first-order chi connectivity index (χ1) is 10.8. The van der Waals surface area contributed by atoms with Crippen LogP contribution < -0.4 is 4.90 Å². The van der Waals surface area contributed by atoms with E-state index in [-0.39, 0.29) is 11.8 Å². The van der Waals surface area contributed by atoms with Gasteiger partial charge in [-0.2, -0.15) is 0 Å². The molecule has 2 atom stereocenters. The van der Waals surface area contributed by atoms with Gasteiger partial charge in [-0.1, -0.05) is 0 Å². The van der Waals surface area contributed by atoms with E-state index in [1.54, 1.807) is 22.3 Å². The molecule has 4 rings (SSSR count). The number of carbonyl (C=O) groups is 1. The van der Waals surface area contributed by atoms with Crippen molar-refractivity contribution in [2.24, 2.45) is 5.92 Å². The topological polar surface area (TPSA) is 49.8 Å². The van der Waals surface area contributed by atoms with Crippen LogP contribution in [0.15, 0.2) is 11.4 Å². The van der Waals surface area contributed by atoms with Gasteiger partial charge in [0.2, 0.25) is 0 Å². The molecule has 0 radical (unpaired) electrons. The number of nitrogens with zero attached hydrogens (tertiary/aromatic N) is 1. The average molecular weight is 331 g/mol. The fraction of sp³-hybridized carbons (Fsp3) is 0.500. The van der Waals surface area contributed by atoms with Crippen LogP contribution in [0.4, 0.5) is 10.5 Å². The molecule has 0 bridgehead atoms. The predicted octanol–water partition coefficient (Wildman–Crippen LogP) is 4.77. The van der Waals surface area contributed by atoms with Crippen molar-refractivity contribution in [2.75, 3.05) is 11.4 Å². The lowest BCUT2D eigenvalue weighted by Gasteiger charge is -2.32. The SMILES string of the molecule is Cc1csc2c(O)cc3c(c12)[C@@H]1C[C@@H]1CN3C(=O)OC(C)(C)C. The Kier molecular flexibility index (Phi) is 2.98. The van der Waals surface area contributed by atoms with Crippen LogP contribution in [-0.4, -0.2) is 23.3 Å². The summed E-state index contributed by atoms with van der Waals surface area (Å²) in [7, 11) is 0. The molecule has 1 fully saturated rings. The van der Waals surface area contributed by atoms with Gasteiger partial charge in [0.05, 0.1) is 10.4 Å². The normalized spacial score (nSPS) is 22.7. The monoisotopic (exact) mass is 331 g/mol. The minimum absolute atomic E-state index is 0.254. The molecule has 2 heterocycles. The number of aryl methyl sites for hydroxylation is 1. The number of aromatic hydroxyl groups is 1. The molecule has 2 aromatic rings. The van der Waals surface area contributed by atoms with Crippen molar-refractivity contribution >= 4 is 33.2 Å². The van der Waals surface area contributed by atoms with Crippen molar-refractivity contribution in [3.63, 3.8) is 0 Å². The minimum atomic E-state index is -0.526. The molecule has 0 saturated heterocycles. The quantitative estimate of drug-likeness (QED) is 0.756. The van der Waals surface area contributed by atoms with Gasteiger partial charge in [-0.15, -0.1) is 11.3 Å². The Morgan fingerprint density at radius 1 is 1.43 bits per heavy atom. The van der Waals surface area contributed by atoms with Gasteiger partial charge < -0.3 is 9.84 Å². The second-order valence-corrected chi connectivity index (χ2v) is 8.52. The molecule has 0 unspecified atom stereocenters. The second kappa shape index (κ2) is 4.63. The summed E-state index contributed by atoms with van der Waals surface area (Å²) >= 11 is 1.57. The highest BCUT2D eigenvalue weighted by Gasteiger charge is 2.48. The first-order valence-corrected chi connectivity index (χ1v) is 8.88. The standard InChI is InChI=1S/C18H21NO3S/c1-9-8-23-16-13(20)6-12-15(14(9)16)11-5-10(11)7-19(12)17(21)22-18(2,3)4/h6,8,10-11,20H,5,7H2,1-4H3/t10-,11-/m1/s1. The summed E-state index contributed by atoms with van der Waals surface area (Å²) in [6.45, 7) is 8.38. The van der Waals surface area contributed by atoms with Crippen molar-refractivity contribution in [1.29, 1.82) is 0 Å². The van der Waals surface area contributed by atoms with Crippen LogP contribution in [-0.2, 0) is 4.74 Å². The Hall–Kier alpha value is -1.75. The number of hydrogen-bond acceptors (Lipinski definition) is 4. The van der Waals surface area contributed by atoms with Gasteiger partial charge in [-0.05, 0) is 62.5 Å². The molecule has 1 saturated carbocycles. The molecule has 23 heavy (non-hydrogen) atoms. The Bertz CT molecular complexity index is 818. The van der Waals surface area contributed by atoms with Crippen molar-refractivity contribution in [3.8, 4) is 5.75 Å². The molecule has 2 aliphatic rings. The van der Waals surface area contributed by atoms with Gasteiger partial charge in [0.25, 0.3) is 0 Å². The zero-order valence-corrected chi connectivity index (χ0v) is 14.7. The van der Waals surface area contributed by atoms with Crippen molar-refractivity contribution < 1.29 is 14.6 Å². The van der Waals surface area contributed by atoms with Crippen LogP contribution in [0.2, 0.25) is 0 Å². The van der Waals surface area contributed by atoms with Crippen LogP contribution in [0.5, 0.6) is 5.75 Å². The Morgan fingerprint density at radius 3 is 2.87 bits per heavy atom. The van der Waals surface area contributed by atoms with E-state index in [1.807, 2.05) is 20.8 Å². The summed E-state index contributed by atoms with van der Waals surface area (Å²) in [4.78, 5) is 14.3. The molecular weight excluding hydrogens is 310 g/mol. The Labute approximate surface area is 139 Å². The summed E-state index contributed by atoms with van der Waals surface area (Å²) in [5.74, 6) is 1.28. The number of carbonyl (C=O) groups excluding carboxylic acids is 1. The van der Waals surface area contributed by atoms with E-state index < -0.39 is 5.60 Å². The van der Waals surface area contributed by atoms with Crippen LogP contribution in [0.3, 0.4) is 0 Å². The largest absolute Gasteiger partial charge is 0.506 e. The van der Waals surface area contributed by atoms with Crippen molar-refractivity contribution in [2.45, 2.75) is 45.6 Å². The molecule has 122 valence electrons. The minimum Gasteiger partial charge on any atom is -0.506 e. The maximum atomic E-state index is 12.6. The molecule has 1 aromatic heterocycles. The number of thiophene rings is 1. The lowest BCUT2D eigenvalue weighted by molar-refractivity contribution is 0.0577. The summed E-state index contributed by atoms with van der Waals surface area (Å²) < 4.78 is 6.50. The highest BCUT2D eigenvalue weighted by atomic mass is 32.1. The van der Waals surface area contributed by atoms with Crippen LogP contribution in [0, 0.1) is 12.8 Å². The maximum absolute atomic E-state index is 12.6. The number of hydrogen-bond donors (Lipinski definition) is 1. The van der Waals surface area contributed by atoms with Gasteiger partial charge in [-0.25, -0.2) is 4.79 Å². The summed E-state index contributed by atoms with van der Waals surface area (Å²) in [5, 5.41) is 13.6. The van der Waals surface area contributed by atoms with E-state index in [9.17, 15) is 9.90 Å². The molecule has 1 N–H and O–H groups in total. The fourth-order valence-corrected chi connectivity index (χ4v) is 4.57. The van der Waals surface area contributed by atoms with Gasteiger partial charge >= 0.3 is 6.09 Å². The van der Waals surface area contributed by atoms with E-state index in [2.05, 4.69) is 12.3 Å². The first kappa shape index (κ1) is 14.8. The summed E-state index contributed by atoms with van der Waals surface area (Å²) in [5.41, 5.74) is 2.69. The third-order valence-electron chi connectivity index (χ3n) is 4.64. The zero-order chi connectivity index (χ0) is 16.5. The molecule has 1 aliphatic heterocycles. The van der Waals surface area contributed by atoms with Gasteiger partial charge in [0, 0.05) is 18.0 Å². The van der Waals surface area contributed by atoms with Crippen LogP contribution in [0.1, 0.15) is 44.2 Å². The number of ether oxygens (including phenoxy) is 1. The fourth-order valence-electron chi connectivity index (χ4n) is 3.59. The Balaban J connectivity index is 1.87. The lowest BCUT2D eigenvalue weighted by atomic mass is 9.95. The van der Waals surface area contributed by atoms with Crippen LogP contribution in [0.25, 0.3) is 10.1 Å². The molecule has 1 aliphatic carbocycles. The van der Waals surface area contributed by atoms with Gasteiger partial charge in [0.15, 0.2) is 0 Å². The molecule has 1 amide bonds. The highest BCUT2D eigenvalue weighted by Crippen LogP contribution is 2.59. The first-order valence-electron chi connectivity index (χ1n) is 8.00. The number of anilines is 1. The molecule has 0 spiro atoms. The molecule has 5 heteroatoms. The Morgan fingerprint density at radius 2 is 2.17 bits per heavy atom. The van der Waals surface area contributed by atoms with E-state index in [0.717, 1.165) is 22.2 Å². The van der Waals surface area contributed by atoms with E-state index in [4.69, 9.17) is 4.74 Å². The molecular formula is C18H21NO3S. The van der Waals surface area contributed by atoms with Crippen molar-refractivity contribution in [3.05, 3.63) is 22.6 Å². The summed E-state index contributed by atoms with van der Waals surface area (Å²) in [6.07, 6.45) is 0.789. The third kappa shape index (κ3) is 2.29. The van der Waals surface area contributed by atoms with E-state index >= 15 is 0 Å². The van der Waals surface area contributed by atoms with Crippen LogP contribution >= 0.6 is 11.3 Å². The van der Waals surface area contributed by atoms with Gasteiger partial charge in [-0.3, -0.25) is 4.90 Å². The number of benzene rings is 1. The summed E-state index contributed by atoms with van der Waals surface area (Å²) in [6, 6.07) is 1.74. The van der Waals surface area contributed by atoms with Gasteiger partial charge in [0.1, 0.15) is 11.4 Å². The third-order valence-corrected chi connectivity index (χ3v) is 5.76. The smallest absolute Gasteiger partial charge is 0.414 e. The van der Waals surface area contributed by atoms with Crippen molar-refractivity contribution in [1.82, 2.24) is 0 Å². The zero-order valence-electron chi connectivity index (χ0n) is 13.8. The van der Waals surface area contributed by atoms with E-state index in [1.165, 1.54) is 11.1 Å². The molecule has 1 aromatic carbocycles. The predicted molar refractivity (Wildman–Crippen MR) is 92.7 cm³/mol. The highest BCUT2D eigenvalue weighted by molar-refractivity contribution is 7.17. The average Bonchev–Trinajstić information content (AvgIpc) is 3.11. The maximum Gasteiger partial charge on any atom is 0.414 e. The number of fused-ring (bicyclic) bond motifs is 5. The van der Waals surface area contributed by atoms with E-state index in [0.29, 0.717) is 18.4 Å². The molecule has 4 nitrogen and oxygen atoms in total. The number of amides is 1. The number of rotatable bonds is 0. The number of phenols is 1. The number of phenolic OH excluding ortho intramolecular Hbond substituents is 1. The lowest BCUT2D eigenvalue weighted by Crippen LogP contribution is -2.40.